The van der Waals surface area contributed by atoms with Crippen LogP contribution in [0.2, 0.25) is 0 Å². The van der Waals surface area contributed by atoms with Crippen LogP contribution in [-0.4, -0.2) is 24.1 Å². The molecule has 1 heterocycles. The summed E-state index contributed by atoms with van der Waals surface area (Å²) in [7, 11) is 1.75. The first-order chi connectivity index (χ1) is 14.3. The molecule has 0 aliphatic heterocycles. The molecule has 1 aromatic carbocycles. The van der Waals surface area contributed by atoms with Gasteiger partial charge in [-0.1, -0.05) is 20.8 Å². The molecule has 1 saturated carbocycles. The number of rotatable bonds is 5. The van der Waals surface area contributed by atoms with Crippen molar-refractivity contribution in [1.29, 1.82) is 0 Å². The van der Waals surface area contributed by atoms with Crippen molar-refractivity contribution in [3.63, 3.8) is 0 Å². The molecular weight excluding hydrogens is 423 g/mol. The fraction of sp³-hybridized carbons (Fsp3) is 0.565. The number of aromatic nitrogens is 1. The van der Waals surface area contributed by atoms with E-state index in [4.69, 9.17) is 0 Å². The third kappa shape index (κ3) is 5.22. The first-order valence-electron chi connectivity index (χ1n) is 10.5. The standard InChI is InChI=1S/C23H30F3N3OS/c1-7-28(6)18-11-10-16(23(24,25)26)12-17(18)20(30)27-21-29(13-15-8-9-15)14(2)19(31-21)22(3,4)5/h10-12,15H,7-9,13H2,1-6H3/b27-21-. The van der Waals surface area contributed by atoms with E-state index >= 15 is 0 Å². The van der Waals surface area contributed by atoms with Gasteiger partial charge in [-0.15, -0.1) is 11.3 Å². The van der Waals surface area contributed by atoms with E-state index in [2.05, 4.69) is 30.3 Å². The van der Waals surface area contributed by atoms with Gasteiger partial charge in [0.05, 0.1) is 11.1 Å². The van der Waals surface area contributed by atoms with Crippen molar-refractivity contribution in [2.45, 2.75) is 65.6 Å². The SMILES string of the molecule is CCN(C)c1ccc(C(F)(F)F)cc1C(=O)/N=c1\sc(C(C)(C)C)c(C)n1CC1CC1. The molecule has 0 bridgehead atoms. The first kappa shape index (κ1) is 23.6. The van der Waals surface area contributed by atoms with E-state index in [1.807, 2.05) is 13.8 Å². The van der Waals surface area contributed by atoms with Gasteiger partial charge >= 0.3 is 6.18 Å². The zero-order valence-electron chi connectivity index (χ0n) is 18.9. The minimum absolute atomic E-state index is 0.0273. The van der Waals surface area contributed by atoms with Crippen molar-refractivity contribution in [2.75, 3.05) is 18.5 Å². The van der Waals surface area contributed by atoms with Crippen LogP contribution >= 0.6 is 11.3 Å². The van der Waals surface area contributed by atoms with Crippen molar-refractivity contribution < 1.29 is 18.0 Å². The summed E-state index contributed by atoms with van der Waals surface area (Å²) in [6.07, 6.45) is -2.22. The molecule has 3 rings (SSSR count). The highest BCUT2D eigenvalue weighted by atomic mass is 32.1. The molecule has 0 atom stereocenters. The van der Waals surface area contributed by atoms with Crippen molar-refractivity contribution in [1.82, 2.24) is 4.57 Å². The maximum Gasteiger partial charge on any atom is 0.416 e. The van der Waals surface area contributed by atoms with E-state index in [1.165, 1.54) is 17.4 Å². The fourth-order valence-electron chi connectivity index (χ4n) is 3.57. The normalized spacial score (nSPS) is 15.5. The van der Waals surface area contributed by atoms with E-state index in [0.717, 1.165) is 42.1 Å². The Hall–Kier alpha value is -2.09. The van der Waals surface area contributed by atoms with Crippen molar-refractivity contribution in [2.24, 2.45) is 10.9 Å². The summed E-state index contributed by atoms with van der Waals surface area (Å²) in [6.45, 7) is 11.6. The topological polar surface area (TPSA) is 37.6 Å². The van der Waals surface area contributed by atoms with Crippen LogP contribution in [0.5, 0.6) is 0 Å². The van der Waals surface area contributed by atoms with Crippen LogP contribution in [0.15, 0.2) is 23.2 Å². The van der Waals surface area contributed by atoms with E-state index in [-0.39, 0.29) is 11.0 Å². The van der Waals surface area contributed by atoms with Crippen LogP contribution in [0.25, 0.3) is 0 Å². The van der Waals surface area contributed by atoms with E-state index < -0.39 is 17.6 Å². The predicted octanol–water partition coefficient (Wildman–Crippen LogP) is 5.78. The lowest BCUT2D eigenvalue weighted by Gasteiger charge is -2.20. The highest BCUT2D eigenvalue weighted by Gasteiger charge is 2.32. The number of benzene rings is 1. The summed E-state index contributed by atoms with van der Waals surface area (Å²) < 4.78 is 42.0. The highest BCUT2D eigenvalue weighted by molar-refractivity contribution is 7.09. The Labute approximate surface area is 185 Å². The molecule has 31 heavy (non-hydrogen) atoms. The van der Waals surface area contributed by atoms with Gasteiger partial charge in [0, 0.05) is 36.4 Å². The summed E-state index contributed by atoms with van der Waals surface area (Å²) in [4.78, 5) is 21.0. The predicted molar refractivity (Wildman–Crippen MR) is 119 cm³/mol. The maximum atomic E-state index is 13.3. The Morgan fingerprint density at radius 3 is 2.42 bits per heavy atom. The van der Waals surface area contributed by atoms with Crippen LogP contribution in [0.1, 0.15) is 67.0 Å². The zero-order valence-corrected chi connectivity index (χ0v) is 19.7. The van der Waals surface area contributed by atoms with Gasteiger partial charge < -0.3 is 9.47 Å². The zero-order chi connectivity index (χ0) is 23.1. The van der Waals surface area contributed by atoms with Gasteiger partial charge in [-0.25, -0.2) is 0 Å². The van der Waals surface area contributed by atoms with Crippen molar-refractivity contribution in [3.8, 4) is 0 Å². The van der Waals surface area contributed by atoms with Crippen LogP contribution in [0.3, 0.4) is 0 Å². The Balaban J connectivity index is 2.15. The second kappa shape index (κ2) is 8.45. The Morgan fingerprint density at radius 1 is 1.26 bits per heavy atom. The molecule has 0 N–H and O–H groups in total. The van der Waals surface area contributed by atoms with E-state index in [9.17, 15) is 18.0 Å². The Morgan fingerprint density at radius 2 is 1.90 bits per heavy atom. The van der Waals surface area contributed by atoms with E-state index in [1.54, 1.807) is 11.9 Å². The molecule has 4 nitrogen and oxygen atoms in total. The number of carbonyl (C=O) groups excluding carboxylic acids is 1. The number of carbonyl (C=O) groups is 1. The average Bonchev–Trinajstić information content (AvgIpc) is 3.44. The summed E-state index contributed by atoms with van der Waals surface area (Å²) in [5.41, 5.74) is 0.539. The second-order valence-electron chi connectivity index (χ2n) is 9.26. The number of nitrogens with zero attached hydrogens (tertiary/aromatic N) is 3. The third-order valence-corrected chi connectivity index (χ3v) is 7.22. The van der Waals surface area contributed by atoms with Gasteiger partial charge in [-0.05, 0) is 56.2 Å². The minimum atomic E-state index is -4.52. The molecule has 1 fully saturated rings. The summed E-state index contributed by atoms with van der Waals surface area (Å²) in [5, 5.41) is 0. The molecule has 170 valence electrons. The van der Waals surface area contributed by atoms with Gasteiger partial charge in [-0.3, -0.25) is 4.79 Å². The van der Waals surface area contributed by atoms with Crippen molar-refractivity contribution in [3.05, 3.63) is 44.7 Å². The monoisotopic (exact) mass is 453 g/mol. The molecule has 0 unspecified atom stereocenters. The number of amides is 1. The van der Waals surface area contributed by atoms with Crippen LogP contribution in [0, 0.1) is 12.8 Å². The molecular formula is C23H30F3N3OS. The highest BCUT2D eigenvalue weighted by Crippen LogP contribution is 2.35. The molecule has 8 heteroatoms. The maximum absolute atomic E-state index is 13.3. The summed E-state index contributed by atoms with van der Waals surface area (Å²) in [5.74, 6) is -0.0711. The molecule has 1 amide bonds. The van der Waals surface area contributed by atoms with E-state index in [0.29, 0.717) is 23.0 Å². The Bertz CT molecular complexity index is 1040. The van der Waals surface area contributed by atoms with Gasteiger partial charge in [0.1, 0.15) is 0 Å². The van der Waals surface area contributed by atoms with Gasteiger partial charge in [0.15, 0.2) is 4.80 Å². The lowest BCUT2D eigenvalue weighted by atomic mass is 9.93. The first-order valence-corrected chi connectivity index (χ1v) is 11.4. The third-order valence-electron chi connectivity index (χ3n) is 5.61. The summed E-state index contributed by atoms with van der Waals surface area (Å²) >= 11 is 1.46. The lowest BCUT2D eigenvalue weighted by Crippen LogP contribution is -2.22. The number of hydrogen-bond acceptors (Lipinski definition) is 3. The van der Waals surface area contributed by atoms with Gasteiger partial charge in [-0.2, -0.15) is 18.2 Å². The minimum Gasteiger partial charge on any atom is -0.374 e. The van der Waals surface area contributed by atoms with Crippen LogP contribution in [-0.2, 0) is 18.1 Å². The molecule has 0 radical (unpaired) electrons. The average molecular weight is 454 g/mol. The van der Waals surface area contributed by atoms with Gasteiger partial charge in [0.2, 0.25) is 0 Å². The molecule has 2 aromatic rings. The molecule has 1 aliphatic carbocycles. The lowest BCUT2D eigenvalue weighted by molar-refractivity contribution is -0.137. The van der Waals surface area contributed by atoms with Gasteiger partial charge in [0.25, 0.3) is 5.91 Å². The number of alkyl halides is 3. The van der Waals surface area contributed by atoms with Crippen molar-refractivity contribution >= 4 is 22.9 Å². The number of hydrogen-bond donors (Lipinski definition) is 0. The van der Waals surface area contributed by atoms with Crippen LogP contribution in [0.4, 0.5) is 18.9 Å². The largest absolute Gasteiger partial charge is 0.416 e. The quantitative estimate of drug-likeness (QED) is 0.575. The molecule has 0 saturated heterocycles. The Kier molecular flexibility index (Phi) is 6.42. The smallest absolute Gasteiger partial charge is 0.374 e. The second-order valence-corrected chi connectivity index (χ2v) is 10.2. The number of anilines is 1. The molecule has 0 spiro atoms. The molecule has 1 aliphatic rings. The number of halogens is 3. The summed E-state index contributed by atoms with van der Waals surface area (Å²) in [6, 6.07) is 3.29. The number of thiazole rings is 1. The van der Waals surface area contributed by atoms with Crippen LogP contribution < -0.4 is 9.70 Å². The fourth-order valence-corrected chi connectivity index (χ4v) is 4.77. The molecule has 1 aromatic heterocycles.